The van der Waals surface area contributed by atoms with Gasteiger partial charge in [0.2, 0.25) is 10.0 Å². The van der Waals surface area contributed by atoms with E-state index in [0.29, 0.717) is 24.5 Å². The molecule has 8 nitrogen and oxygen atoms in total. The number of hydrogen-bond acceptors (Lipinski definition) is 7. The Kier molecular flexibility index (Phi) is 7.02. The Bertz CT molecular complexity index is 966. The monoisotopic (exact) mass is 451 g/mol. The fourth-order valence-corrected chi connectivity index (χ4v) is 6.51. The van der Waals surface area contributed by atoms with Gasteiger partial charge in [-0.1, -0.05) is 0 Å². The fraction of sp³-hybridized carbons (Fsp3) is 0.400. The molecule has 1 aliphatic heterocycles. The van der Waals surface area contributed by atoms with Crippen LogP contribution < -0.4 is 10.2 Å². The minimum absolute atomic E-state index is 0.0717. The average molecular weight is 452 g/mol. The molecule has 0 unspecified atom stereocenters. The molecule has 10 heteroatoms. The van der Waals surface area contributed by atoms with Crippen LogP contribution in [0, 0.1) is 0 Å². The van der Waals surface area contributed by atoms with E-state index >= 15 is 0 Å². The Hall–Kier alpha value is -2.14. The SMILES string of the molecule is CC1(C)SCCN(S(=O)(=O)c2ccc(OCCc3ccncc3)cc2)[C@H]1C(=O)NO. The Morgan fingerprint density at radius 3 is 2.57 bits per heavy atom. The van der Waals surface area contributed by atoms with Gasteiger partial charge in [0, 0.05) is 35.9 Å². The maximum atomic E-state index is 13.2. The number of thioether (sulfide) groups is 1. The number of benzene rings is 1. The molecule has 2 aromatic rings. The highest BCUT2D eigenvalue weighted by Crippen LogP contribution is 2.38. The van der Waals surface area contributed by atoms with Crippen LogP contribution in [0.1, 0.15) is 19.4 Å². The van der Waals surface area contributed by atoms with Gasteiger partial charge in [-0.25, -0.2) is 13.9 Å². The molecule has 3 rings (SSSR count). The zero-order chi connectivity index (χ0) is 21.8. The Morgan fingerprint density at radius 2 is 1.93 bits per heavy atom. The molecule has 2 N–H and O–H groups in total. The molecule has 1 atom stereocenters. The zero-order valence-electron chi connectivity index (χ0n) is 16.8. The Labute approximate surface area is 180 Å². The first kappa shape index (κ1) is 22.5. The summed E-state index contributed by atoms with van der Waals surface area (Å²) in [6, 6.07) is 8.95. The molecule has 0 saturated carbocycles. The highest BCUT2D eigenvalue weighted by molar-refractivity contribution is 8.00. The topological polar surface area (TPSA) is 109 Å². The number of nitrogens with one attached hydrogen (secondary N) is 1. The number of sulfonamides is 1. The van der Waals surface area contributed by atoms with E-state index in [1.165, 1.54) is 23.9 Å². The summed E-state index contributed by atoms with van der Waals surface area (Å²) in [5.41, 5.74) is 2.71. The predicted octanol–water partition coefficient (Wildman–Crippen LogP) is 2.09. The number of pyridine rings is 1. The first-order chi connectivity index (χ1) is 14.3. The number of nitrogens with zero attached hydrogens (tertiary/aromatic N) is 2. The highest BCUT2D eigenvalue weighted by atomic mass is 32.2. The summed E-state index contributed by atoms with van der Waals surface area (Å²) < 4.78 is 32.6. The second kappa shape index (κ2) is 9.34. The van der Waals surface area contributed by atoms with Gasteiger partial charge in [0.15, 0.2) is 0 Å². The van der Waals surface area contributed by atoms with Crippen LogP contribution in [-0.4, -0.2) is 58.5 Å². The second-order valence-corrected chi connectivity index (χ2v) is 11.0. The maximum Gasteiger partial charge on any atom is 0.263 e. The van der Waals surface area contributed by atoms with Crippen molar-refractivity contribution >= 4 is 27.7 Å². The lowest BCUT2D eigenvalue weighted by Gasteiger charge is -2.43. The van der Waals surface area contributed by atoms with Gasteiger partial charge >= 0.3 is 0 Å². The molecule has 162 valence electrons. The van der Waals surface area contributed by atoms with Crippen molar-refractivity contribution in [2.45, 2.75) is 36.0 Å². The molecule has 30 heavy (non-hydrogen) atoms. The van der Waals surface area contributed by atoms with Gasteiger partial charge in [0.1, 0.15) is 11.8 Å². The Morgan fingerprint density at radius 1 is 1.27 bits per heavy atom. The van der Waals surface area contributed by atoms with Gasteiger partial charge in [-0.2, -0.15) is 16.1 Å². The third kappa shape index (κ3) is 4.94. The largest absolute Gasteiger partial charge is 0.493 e. The molecule has 1 aromatic carbocycles. The Balaban J connectivity index is 1.73. The van der Waals surface area contributed by atoms with E-state index in [1.807, 2.05) is 12.1 Å². The highest BCUT2D eigenvalue weighted by Gasteiger charge is 2.48. The molecule has 0 spiro atoms. The number of carbonyl (C=O) groups excluding carboxylic acids is 1. The van der Waals surface area contributed by atoms with Crippen LogP contribution in [0.4, 0.5) is 0 Å². The van der Waals surface area contributed by atoms with Crippen molar-refractivity contribution in [3.8, 4) is 5.75 Å². The molecular weight excluding hydrogens is 426 g/mol. The molecule has 1 saturated heterocycles. The van der Waals surface area contributed by atoms with Crippen molar-refractivity contribution in [2.24, 2.45) is 0 Å². The summed E-state index contributed by atoms with van der Waals surface area (Å²) in [6.45, 7) is 4.21. The summed E-state index contributed by atoms with van der Waals surface area (Å²) >= 11 is 1.49. The molecule has 1 fully saturated rings. The van der Waals surface area contributed by atoms with Crippen molar-refractivity contribution in [1.82, 2.24) is 14.8 Å². The summed E-state index contributed by atoms with van der Waals surface area (Å²) in [5.74, 6) is 0.367. The first-order valence-electron chi connectivity index (χ1n) is 9.47. The van der Waals surface area contributed by atoms with E-state index in [2.05, 4.69) is 4.98 Å². The lowest BCUT2D eigenvalue weighted by molar-refractivity contribution is -0.134. The van der Waals surface area contributed by atoms with Crippen LogP contribution in [0.3, 0.4) is 0 Å². The number of carbonyl (C=O) groups is 1. The number of amides is 1. The quantitative estimate of drug-likeness (QED) is 0.490. The average Bonchev–Trinajstić information content (AvgIpc) is 2.73. The van der Waals surface area contributed by atoms with Crippen LogP contribution in [0.25, 0.3) is 0 Å². The maximum absolute atomic E-state index is 13.2. The van der Waals surface area contributed by atoms with E-state index in [-0.39, 0.29) is 11.4 Å². The van der Waals surface area contributed by atoms with E-state index in [1.54, 1.807) is 43.9 Å². The molecule has 1 aromatic heterocycles. The minimum Gasteiger partial charge on any atom is -0.493 e. The number of ether oxygens (including phenoxy) is 1. The van der Waals surface area contributed by atoms with Gasteiger partial charge in [0.25, 0.3) is 5.91 Å². The van der Waals surface area contributed by atoms with Gasteiger partial charge in [-0.05, 0) is 55.8 Å². The normalized spacial score (nSPS) is 19.2. The summed E-state index contributed by atoms with van der Waals surface area (Å²) in [4.78, 5) is 16.3. The van der Waals surface area contributed by atoms with Crippen LogP contribution in [0.15, 0.2) is 53.7 Å². The van der Waals surface area contributed by atoms with Crippen LogP contribution in [0.2, 0.25) is 0 Å². The summed E-state index contributed by atoms with van der Waals surface area (Å²) in [7, 11) is -3.93. The predicted molar refractivity (Wildman–Crippen MR) is 114 cm³/mol. The number of hydroxylamine groups is 1. The van der Waals surface area contributed by atoms with E-state index < -0.39 is 26.7 Å². The van der Waals surface area contributed by atoms with Gasteiger partial charge in [0.05, 0.1) is 11.5 Å². The van der Waals surface area contributed by atoms with Gasteiger partial charge in [-0.15, -0.1) is 0 Å². The standard InChI is InChI=1S/C20H25N3O5S2/c1-20(2)18(19(24)22-25)23(12-14-29-20)30(26,27)17-5-3-16(4-6-17)28-13-9-15-7-10-21-11-8-15/h3-8,10-11,18,25H,9,12-14H2,1-2H3,(H,22,24)/t18-/m0/s1. The van der Waals surface area contributed by atoms with Crippen molar-refractivity contribution in [1.29, 1.82) is 0 Å². The van der Waals surface area contributed by atoms with Crippen molar-refractivity contribution in [2.75, 3.05) is 18.9 Å². The van der Waals surface area contributed by atoms with Crippen molar-refractivity contribution in [3.63, 3.8) is 0 Å². The molecule has 0 bridgehead atoms. The molecule has 1 aliphatic rings. The minimum atomic E-state index is -3.93. The van der Waals surface area contributed by atoms with Crippen LogP contribution in [-0.2, 0) is 21.2 Å². The molecule has 0 aliphatic carbocycles. The van der Waals surface area contributed by atoms with Crippen LogP contribution >= 0.6 is 11.8 Å². The van der Waals surface area contributed by atoms with Crippen molar-refractivity contribution in [3.05, 3.63) is 54.4 Å². The lowest BCUT2D eigenvalue weighted by atomic mass is 10.0. The zero-order valence-corrected chi connectivity index (χ0v) is 18.4. The molecule has 0 radical (unpaired) electrons. The first-order valence-corrected chi connectivity index (χ1v) is 11.9. The summed E-state index contributed by atoms with van der Waals surface area (Å²) in [6.07, 6.45) is 4.15. The third-order valence-electron chi connectivity index (χ3n) is 4.93. The molecule has 1 amide bonds. The number of hydrogen-bond donors (Lipinski definition) is 2. The van der Waals surface area contributed by atoms with Gasteiger partial charge in [-0.3, -0.25) is 15.0 Å². The smallest absolute Gasteiger partial charge is 0.263 e. The van der Waals surface area contributed by atoms with Gasteiger partial charge < -0.3 is 4.74 Å². The van der Waals surface area contributed by atoms with Crippen LogP contribution in [0.5, 0.6) is 5.75 Å². The lowest BCUT2D eigenvalue weighted by Crippen LogP contribution is -2.61. The van der Waals surface area contributed by atoms with Crippen molar-refractivity contribution < 1.29 is 23.2 Å². The second-order valence-electron chi connectivity index (χ2n) is 7.37. The summed E-state index contributed by atoms with van der Waals surface area (Å²) in [5, 5.41) is 9.12. The van der Waals surface area contributed by atoms with E-state index in [4.69, 9.17) is 9.94 Å². The fourth-order valence-electron chi connectivity index (χ4n) is 3.40. The molecule has 2 heterocycles. The van der Waals surface area contributed by atoms with E-state index in [0.717, 1.165) is 9.87 Å². The molecular formula is C20H25N3O5S2. The number of aromatic nitrogens is 1. The van der Waals surface area contributed by atoms with E-state index in [9.17, 15) is 13.2 Å². The third-order valence-corrected chi connectivity index (χ3v) is 8.16. The number of rotatable bonds is 7.